The van der Waals surface area contributed by atoms with Crippen molar-refractivity contribution in [2.24, 2.45) is 0 Å². The van der Waals surface area contributed by atoms with Crippen LogP contribution in [-0.2, 0) is 12.7 Å². The fourth-order valence-corrected chi connectivity index (χ4v) is 2.62. The van der Waals surface area contributed by atoms with Crippen LogP contribution in [0.25, 0.3) is 0 Å². The van der Waals surface area contributed by atoms with Crippen molar-refractivity contribution >= 4 is 15.9 Å². The third-order valence-electron chi connectivity index (χ3n) is 3.23. The van der Waals surface area contributed by atoms with E-state index in [0.29, 0.717) is 16.6 Å². The second-order valence-corrected chi connectivity index (χ2v) is 5.44. The first-order chi connectivity index (χ1) is 9.86. The van der Waals surface area contributed by atoms with E-state index in [-0.39, 0.29) is 6.04 Å². The van der Waals surface area contributed by atoms with Gasteiger partial charge in [0.05, 0.1) is 17.8 Å². The molecule has 0 spiro atoms. The second-order valence-electron chi connectivity index (χ2n) is 4.59. The molecule has 0 aliphatic rings. The van der Waals surface area contributed by atoms with E-state index in [4.69, 9.17) is 0 Å². The van der Waals surface area contributed by atoms with Crippen molar-refractivity contribution in [2.75, 3.05) is 7.05 Å². The maximum atomic E-state index is 12.9. The van der Waals surface area contributed by atoms with Crippen molar-refractivity contribution in [3.8, 4) is 0 Å². The van der Waals surface area contributed by atoms with E-state index in [1.54, 1.807) is 17.9 Å². The van der Waals surface area contributed by atoms with Crippen molar-refractivity contribution in [1.29, 1.82) is 0 Å². The summed E-state index contributed by atoms with van der Waals surface area (Å²) < 4.78 is 41.0. The van der Waals surface area contributed by atoms with Gasteiger partial charge in [0.15, 0.2) is 0 Å². The predicted molar refractivity (Wildman–Crippen MR) is 77.9 cm³/mol. The summed E-state index contributed by atoms with van der Waals surface area (Å²) in [6.07, 6.45) is -0.868. The fourth-order valence-electron chi connectivity index (χ4n) is 2.14. The van der Waals surface area contributed by atoms with Gasteiger partial charge in [-0.3, -0.25) is 4.68 Å². The lowest BCUT2D eigenvalue weighted by Gasteiger charge is -2.18. The number of aromatic nitrogens is 2. The fraction of sp³-hybridized carbons (Fsp3) is 0.357. The molecule has 0 aliphatic heterocycles. The Morgan fingerprint density at radius 1 is 1.38 bits per heavy atom. The zero-order valence-electron chi connectivity index (χ0n) is 11.6. The van der Waals surface area contributed by atoms with Gasteiger partial charge in [0, 0.05) is 22.8 Å². The Bertz CT molecular complexity index is 622. The molecular weight excluding hydrogens is 347 g/mol. The Balaban J connectivity index is 2.46. The zero-order valence-corrected chi connectivity index (χ0v) is 13.2. The molecule has 0 fully saturated rings. The van der Waals surface area contributed by atoms with Crippen LogP contribution in [0.5, 0.6) is 0 Å². The van der Waals surface area contributed by atoms with Gasteiger partial charge in [-0.2, -0.15) is 18.3 Å². The lowest BCUT2D eigenvalue weighted by atomic mass is 9.99. The minimum atomic E-state index is -4.36. The van der Waals surface area contributed by atoms with Crippen LogP contribution >= 0.6 is 15.9 Å². The molecule has 0 radical (unpaired) electrons. The molecule has 7 heteroatoms. The summed E-state index contributed by atoms with van der Waals surface area (Å²) in [5, 5.41) is 7.21. The third kappa shape index (κ3) is 3.47. The standard InChI is InChI=1S/C14H15BrF3N3/c1-3-21-8-9(7-20-21)13(19-2)11-6-10(14(16,17)18)4-5-12(11)15/h4-8,13,19H,3H2,1-2H3. The Morgan fingerprint density at radius 2 is 2.10 bits per heavy atom. The first-order valence-electron chi connectivity index (χ1n) is 6.43. The van der Waals surface area contributed by atoms with Crippen LogP contribution in [0.15, 0.2) is 35.1 Å². The number of hydrogen-bond donors (Lipinski definition) is 1. The molecule has 0 saturated carbocycles. The first-order valence-corrected chi connectivity index (χ1v) is 7.22. The Kier molecular flexibility index (Phi) is 4.73. The van der Waals surface area contributed by atoms with Gasteiger partial charge in [0.25, 0.3) is 0 Å². The molecule has 0 aliphatic carbocycles. The molecule has 2 aromatic rings. The van der Waals surface area contributed by atoms with Crippen molar-refractivity contribution in [3.05, 3.63) is 51.8 Å². The number of nitrogens with zero attached hydrogens (tertiary/aromatic N) is 2. The molecule has 114 valence electrons. The largest absolute Gasteiger partial charge is 0.416 e. The Morgan fingerprint density at radius 3 is 2.62 bits per heavy atom. The van der Waals surface area contributed by atoms with E-state index in [2.05, 4.69) is 26.3 Å². The molecule has 1 unspecified atom stereocenters. The van der Waals surface area contributed by atoms with E-state index >= 15 is 0 Å². The third-order valence-corrected chi connectivity index (χ3v) is 3.96. The molecule has 1 heterocycles. The monoisotopic (exact) mass is 361 g/mol. The van der Waals surface area contributed by atoms with Crippen LogP contribution in [0.3, 0.4) is 0 Å². The molecule has 3 nitrogen and oxygen atoms in total. The lowest BCUT2D eigenvalue weighted by molar-refractivity contribution is -0.137. The van der Waals surface area contributed by atoms with Gasteiger partial charge < -0.3 is 5.32 Å². The van der Waals surface area contributed by atoms with E-state index in [1.165, 1.54) is 6.07 Å². The molecule has 1 aromatic carbocycles. The van der Waals surface area contributed by atoms with Crippen LogP contribution in [0.4, 0.5) is 13.2 Å². The van der Waals surface area contributed by atoms with Crippen LogP contribution in [-0.4, -0.2) is 16.8 Å². The van der Waals surface area contributed by atoms with Crippen LogP contribution < -0.4 is 5.32 Å². The van der Waals surface area contributed by atoms with Crippen LogP contribution in [0, 0.1) is 0 Å². The van der Waals surface area contributed by atoms with Gasteiger partial charge >= 0.3 is 6.18 Å². The van der Waals surface area contributed by atoms with E-state index < -0.39 is 11.7 Å². The second kappa shape index (κ2) is 6.19. The molecule has 0 saturated heterocycles. The van der Waals surface area contributed by atoms with Gasteiger partial charge in [0.2, 0.25) is 0 Å². The highest BCUT2D eigenvalue weighted by Crippen LogP contribution is 2.35. The highest BCUT2D eigenvalue weighted by Gasteiger charge is 2.31. The average Bonchev–Trinajstić information content (AvgIpc) is 2.89. The molecule has 0 amide bonds. The quantitative estimate of drug-likeness (QED) is 0.891. The molecule has 21 heavy (non-hydrogen) atoms. The van der Waals surface area contributed by atoms with Crippen molar-refractivity contribution < 1.29 is 13.2 Å². The van der Waals surface area contributed by atoms with E-state index in [9.17, 15) is 13.2 Å². The van der Waals surface area contributed by atoms with Gasteiger partial charge in [-0.1, -0.05) is 15.9 Å². The van der Waals surface area contributed by atoms with Gasteiger partial charge in [-0.15, -0.1) is 0 Å². The normalized spacial score (nSPS) is 13.4. The molecule has 0 bridgehead atoms. The maximum absolute atomic E-state index is 12.9. The molecule has 1 aromatic heterocycles. The number of alkyl halides is 3. The van der Waals surface area contributed by atoms with Gasteiger partial charge in [-0.05, 0) is 37.7 Å². The molecule has 1 atom stereocenters. The van der Waals surface area contributed by atoms with E-state index in [1.807, 2.05) is 13.1 Å². The lowest BCUT2D eigenvalue weighted by Crippen LogP contribution is -2.19. The molecule has 1 N–H and O–H groups in total. The summed E-state index contributed by atoms with van der Waals surface area (Å²) in [6.45, 7) is 2.66. The summed E-state index contributed by atoms with van der Waals surface area (Å²) in [6, 6.07) is 3.29. The summed E-state index contributed by atoms with van der Waals surface area (Å²) in [5.74, 6) is 0. The summed E-state index contributed by atoms with van der Waals surface area (Å²) in [5.41, 5.74) is 0.686. The van der Waals surface area contributed by atoms with Crippen LogP contribution in [0.2, 0.25) is 0 Å². The number of rotatable bonds is 4. The Hall–Kier alpha value is -1.34. The number of benzene rings is 1. The van der Waals surface area contributed by atoms with Crippen molar-refractivity contribution in [2.45, 2.75) is 25.7 Å². The van der Waals surface area contributed by atoms with Gasteiger partial charge in [-0.25, -0.2) is 0 Å². The molecule has 2 rings (SSSR count). The highest BCUT2D eigenvalue weighted by molar-refractivity contribution is 9.10. The number of aryl methyl sites for hydroxylation is 1. The SMILES string of the molecule is CCn1cc(C(NC)c2cc(C(F)(F)F)ccc2Br)cn1. The number of hydrogen-bond acceptors (Lipinski definition) is 2. The average molecular weight is 362 g/mol. The van der Waals surface area contributed by atoms with Crippen molar-refractivity contribution in [3.63, 3.8) is 0 Å². The number of nitrogens with one attached hydrogen (secondary N) is 1. The molecular formula is C14H15BrF3N3. The zero-order chi connectivity index (χ0) is 15.6. The number of halogens is 4. The summed E-state index contributed by atoms with van der Waals surface area (Å²) in [4.78, 5) is 0. The summed E-state index contributed by atoms with van der Waals surface area (Å²) in [7, 11) is 1.71. The summed E-state index contributed by atoms with van der Waals surface area (Å²) >= 11 is 3.33. The maximum Gasteiger partial charge on any atom is 0.416 e. The van der Waals surface area contributed by atoms with E-state index in [0.717, 1.165) is 17.7 Å². The smallest absolute Gasteiger partial charge is 0.309 e. The first kappa shape index (κ1) is 16.0. The van der Waals surface area contributed by atoms with Crippen LogP contribution in [0.1, 0.15) is 29.7 Å². The van der Waals surface area contributed by atoms with Crippen molar-refractivity contribution in [1.82, 2.24) is 15.1 Å². The van der Waals surface area contributed by atoms with Gasteiger partial charge in [0.1, 0.15) is 0 Å². The highest BCUT2D eigenvalue weighted by atomic mass is 79.9. The Labute approximate surface area is 129 Å². The minimum Gasteiger partial charge on any atom is -0.309 e. The topological polar surface area (TPSA) is 29.9 Å². The predicted octanol–water partition coefficient (Wildman–Crippen LogP) is 3.99. The minimum absolute atomic E-state index is 0.359.